The van der Waals surface area contributed by atoms with Gasteiger partial charge >= 0.3 is 0 Å². The molecule has 0 aliphatic carbocycles. The second kappa shape index (κ2) is 7.84. The number of unbranched alkanes of at least 4 members (excludes halogenated alkanes) is 3. The standard InChI is InChI=1S/C11H22/c1-4-6-7-8-10-11(3)9-5-2/h10H,4-9H2,1-3H3/b11-10-. The molecule has 66 valence electrons. The van der Waals surface area contributed by atoms with Crippen molar-refractivity contribution in [3.05, 3.63) is 11.6 Å². The van der Waals surface area contributed by atoms with Gasteiger partial charge in [0.25, 0.3) is 0 Å². The van der Waals surface area contributed by atoms with Gasteiger partial charge in [0.1, 0.15) is 0 Å². The van der Waals surface area contributed by atoms with Gasteiger partial charge in [-0.3, -0.25) is 0 Å². The van der Waals surface area contributed by atoms with E-state index in [4.69, 9.17) is 0 Å². The van der Waals surface area contributed by atoms with Gasteiger partial charge in [-0.1, -0.05) is 44.8 Å². The van der Waals surface area contributed by atoms with Crippen LogP contribution in [-0.4, -0.2) is 0 Å². The highest BCUT2D eigenvalue weighted by Crippen LogP contribution is 2.07. The van der Waals surface area contributed by atoms with Crippen LogP contribution in [0.4, 0.5) is 0 Å². The van der Waals surface area contributed by atoms with E-state index < -0.39 is 0 Å². The van der Waals surface area contributed by atoms with E-state index >= 15 is 0 Å². The van der Waals surface area contributed by atoms with Gasteiger partial charge in [-0.15, -0.1) is 0 Å². The van der Waals surface area contributed by atoms with Crippen LogP contribution in [0.2, 0.25) is 0 Å². The topological polar surface area (TPSA) is 0 Å². The molecule has 0 N–H and O–H groups in total. The zero-order valence-electron chi connectivity index (χ0n) is 8.32. The SMILES string of the molecule is CCCCC/C=C(/C)CCC. The lowest BCUT2D eigenvalue weighted by atomic mass is 10.1. The first-order valence-electron chi connectivity index (χ1n) is 4.96. The summed E-state index contributed by atoms with van der Waals surface area (Å²) in [6.07, 6.45) is 10.4. The molecule has 0 heteroatoms. The lowest BCUT2D eigenvalue weighted by molar-refractivity contribution is 0.724. The van der Waals surface area contributed by atoms with Crippen molar-refractivity contribution in [3.63, 3.8) is 0 Å². The molecule has 0 fully saturated rings. The fraction of sp³-hybridized carbons (Fsp3) is 0.818. The van der Waals surface area contributed by atoms with Crippen molar-refractivity contribution in [1.82, 2.24) is 0 Å². The Balaban J connectivity index is 3.24. The molecule has 0 heterocycles. The van der Waals surface area contributed by atoms with Gasteiger partial charge in [-0.2, -0.15) is 0 Å². The summed E-state index contributed by atoms with van der Waals surface area (Å²) in [5.41, 5.74) is 1.57. The molecule has 0 aromatic rings. The van der Waals surface area contributed by atoms with E-state index in [2.05, 4.69) is 26.8 Å². The Kier molecular flexibility index (Phi) is 7.66. The first kappa shape index (κ1) is 10.7. The molecule has 0 aliphatic rings. The van der Waals surface area contributed by atoms with Gasteiger partial charge in [0, 0.05) is 0 Å². The molecule has 11 heavy (non-hydrogen) atoms. The van der Waals surface area contributed by atoms with Crippen molar-refractivity contribution < 1.29 is 0 Å². The molecule has 0 atom stereocenters. The molecule has 0 saturated heterocycles. The third-order valence-electron chi connectivity index (χ3n) is 1.94. The van der Waals surface area contributed by atoms with E-state index in [9.17, 15) is 0 Å². The lowest BCUT2D eigenvalue weighted by Gasteiger charge is -1.97. The van der Waals surface area contributed by atoms with Gasteiger partial charge in [0.15, 0.2) is 0 Å². The molecule has 0 aromatic carbocycles. The summed E-state index contributed by atoms with van der Waals surface area (Å²) in [7, 11) is 0. The fourth-order valence-electron chi connectivity index (χ4n) is 1.24. The lowest BCUT2D eigenvalue weighted by Crippen LogP contribution is -1.77. The molecular weight excluding hydrogens is 132 g/mol. The second-order valence-corrected chi connectivity index (χ2v) is 3.30. The van der Waals surface area contributed by atoms with Gasteiger partial charge in [-0.25, -0.2) is 0 Å². The van der Waals surface area contributed by atoms with Crippen molar-refractivity contribution in [2.24, 2.45) is 0 Å². The number of rotatable bonds is 6. The quantitative estimate of drug-likeness (QED) is 0.395. The van der Waals surface area contributed by atoms with Crippen LogP contribution in [0.25, 0.3) is 0 Å². The zero-order chi connectivity index (χ0) is 8.53. The molecule has 0 nitrogen and oxygen atoms in total. The first-order valence-corrected chi connectivity index (χ1v) is 4.96. The minimum atomic E-state index is 1.28. The van der Waals surface area contributed by atoms with E-state index in [0.29, 0.717) is 0 Å². The summed E-state index contributed by atoms with van der Waals surface area (Å²) in [5, 5.41) is 0. The molecular formula is C11H22. The normalized spacial score (nSPS) is 12.1. The van der Waals surface area contributed by atoms with Crippen LogP contribution in [0.1, 0.15) is 59.3 Å². The average Bonchev–Trinajstić information content (AvgIpc) is 1.99. The van der Waals surface area contributed by atoms with Crippen molar-refractivity contribution in [2.45, 2.75) is 59.3 Å². The minimum Gasteiger partial charge on any atom is -0.0856 e. The Morgan fingerprint density at radius 1 is 1.09 bits per heavy atom. The number of hydrogen-bond acceptors (Lipinski definition) is 0. The van der Waals surface area contributed by atoms with Crippen molar-refractivity contribution in [3.8, 4) is 0 Å². The Morgan fingerprint density at radius 2 is 1.82 bits per heavy atom. The largest absolute Gasteiger partial charge is 0.0856 e. The van der Waals surface area contributed by atoms with Crippen molar-refractivity contribution >= 4 is 0 Å². The van der Waals surface area contributed by atoms with Crippen molar-refractivity contribution in [2.75, 3.05) is 0 Å². The fourth-order valence-corrected chi connectivity index (χ4v) is 1.24. The summed E-state index contributed by atoms with van der Waals surface area (Å²) in [6.45, 7) is 6.74. The third-order valence-corrected chi connectivity index (χ3v) is 1.94. The zero-order valence-corrected chi connectivity index (χ0v) is 8.32. The Hall–Kier alpha value is -0.260. The van der Waals surface area contributed by atoms with Gasteiger partial charge < -0.3 is 0 Å². The molecule has 0 rings (SSSR count). The van der Waals surface area contributed by atoms with Crippen LogP contribution in [0.15, 0.2) is 11.6 Å². The van der Waals surface area contributed by atoms with Crippen LogP contribution in [0, 0.1) is 0 Å². The van der Waals surface area contributed by atoms with Crippen LogP contribution in [0.5, 0.6) is 0 Å². The Morgan fingerprint density at radius 3 is 2.36 bits per heavy atom. The maximum Gasteiger partial charge on any atom is -0.0326 e. The highest BCUT2D eigenvalue weighted by molar-refractivity contribution is 4.97. The summed E-state index contributed by atoms with van der Waals surface area (Å²) >= 11 is 0. The minimum absolute atomic E-state index is 1.28. The molecule has 0 amide bonds. The van der Waals surface area contributed by atoms with Crippen LogP contribution in [-0.2, 0) is 0 Å². The Bertz CT molecular complexity index is 101. The molecule has 0 unspecified atom stereocenters. The summed E-state index contributed by atoms with van der Waals surface area (Å²) in [5.74, 6) is 0. The monoisotopic (exact) mass is 154 g/mol. The van der Waals surface area contributed by atoms with Gasteiger partial charge in [-0.05, 0) is 26.2 Å². The summed E-state index contributed by atoms with van der Waals surface area (Å²) in [4.78, 5) is 0. The maximum absolute atomic E-state index is 2.40. The van der Waals surface area contributed by atoms with E-state index in [0.717, 1.165) is 0 Å². The highest BCUT2D eigenvalue weighted by Gasteiger charge is 1.86. The average molecular weight is 154 g/mol. The highest BCUT2D eigenvalue weighted by atomic mass is 13.9. The predicted molar refractivity (Wildman–Crippen MR) is 52.8 cm³/mol. The Labute approximate surface area is 71.7 Å². The molecule has 0 radical (unpaired) electrons. The molecule has 0 aromatic heterocycles. The van der Waals surface area contributed by atoms with Gasteiger partial charge in [0.05, 0.1) is 0 Å². The summed E-state index contributed by atoms with van der Waals surface area (Å²) in [6, 6.07) is 0. The van der Waals surface area contributed by atoms with Gasteiger partial charge in [0.2, 0.25) is 0 Å². The van der Waals surface area contributed by atoms with E-state index in [1.165, 1.54) is 38.5 Å². The smallest absolute Gasteiger partial charge is 0.0326 e. The molecule has 0 spiro atoms. The van der Waals surface area contributed by atoms with E-state index in [1.54, 1.807) is 5.57 Å². The molecule has 0 saturated carbocycles. The third kappa shape index (κ3) is 7.64. The first-order chi connectivity index (χ1) is 5.31. The van der Waals surface area contributed by atoms with Crippen LogP contribution in [0.3, 0.4) is 0 Å². The van der Waals surface area contributed by atoms with E-state index in [1.807, 2.05) is 0 Å². The van der Waals surface area contributed by atoms with Crippen molar-refractivity contribution in [1.29, 1.82) is 0 Å². The number of hydrogen-bond donors (Lipinski definition) is 0. The summed E-state index contributed by atoms with van der Waals surface area (Å²) < 4.78 is 0. The second-order valence-electron chi connectivity index (χ2n) is 3.30. The van der Waals surface area contributed by atoms with Crippen LogP contribution >= 0.6 is 0 Å². The number of allylic oxidation sites excluding steroid dienone is 2. The predicted octanol–water partition coefficient (Wildman–Crippen LogP) is 4.31. The maximum atomic E-state index is 2.40. The molecule has 0 bridgehead atoms. The molecule has 0 aliphatic heterocycles. The van der Waals surface area contributed by atoms with Crippen LogP contribution < -0.4 is 0 Å². The van der Waals surface area contributed by atoms with E-state index in [-0.39, 0.29) is 0 Å².